The van der Waals surface area contributed by atoms with Crippen LogP contribution >= 0.6 is 11.8 Å². The normalized spacial score (nSPS) is 15.8. The summed E-state index contributed by atoms with van der Waals surface area (Å²) in [5.41, 5.74) is 1.92. The highest BCUT2D eigenvalue weighted by Crippen LogP contribution is 2.42. The van der Waals surface area contributed by atoms with Crippen LogP contribution in [0, 0.1) is 0 Å². The number of nitrogens with zero attached hydrogens (tertiary/aromatic N) is 2. The van der Waals surface area contributed by atoms with Gasteiger partial charge in [0.05, 0.1) is 17.0 Å². The Morgan fingerprint density at radius 2 is 1.84 bits per heavy atom. The van der Waals surface area contributed by atoms with E-state index in [4.69, 9.17) is 4.74 Å². The Morgan fingerprint density at radius 1 is 1.12 bits per heavy atom. The molecule has 32 heavy (non-hydrogen) atoms. The fraction of sp³-hybridized carbons (Fsp3) is 0.200. The van der Waals surface area contributed by atoms with Crippen molar-refractivity contribution >= 4 is 56.1 Å². The first kappa shape index (κ1) is 21.8. The number of sulfonamides is 1. The molecule has 166 valence electrons. The average Bonchev–Trinajstić information content (AvgIpc) is 3.12. The second-order valence-corrected chi connectivity index (χ2v) is 9.64. The van der Waals surface area contributed by atoms with Gasteiger partial charge in [0.15, 0.2) is 11.8 Å². The summed E-state index contributed by atoms with van der Waals surface area (Å²) in [6.45, 7) is -0.188. The van der Waals surface area contributed by atoms with Gasteiger partial charge in [-0.1, -0.05) is 0 Å². The number of hydrogen-bond acceptors (Lipinski definition) is 8. The van der Waals surface area contributed by atoms with Crippen LogP contribution in [-0.2, 0) is 19.6 Å². The number of ether oxygens (including phenoxy) is 1. The van der Waals surface area contributed by atoms with Crippen LogP contribution in [0.25, 0.3) is 0 Å². The Bertz CT molecular complexity index is 1240. The highest BCUT2D eigenvalue weighted by Gasteiger charge is 2.33. The maximum Gasteiger partial charge on any atom is 0.338 e. The second-order valence-electron chi connectivity index (χ2n) is 6.88. The van der Waals surface area contributed by atoms with E-state index < -0.39 is 28.5 Å². The maximum atomic E-state index is 12.4. The van der Waals surface area contributed by atoms with E-state index in [9.17, 15) is 22.8 Å². The quantitative estimate of drug-likeness (QED) is 0.622. The van der Waals surface area contributed by atoms with Gasteiger partial charge in [-0.25, -0.2) is 13.2 Å². The summed E-state index contributed by atoms with van der Waals surface area (Å²) in [6, 6.07) is 11.1. The molecule has 0 bridgehead atoms. The monoisotopic (exact) mass is 474 g/mol. The summed E-state index contributed by atoms with van der Waals surface area (Å²) in [5.74, 6) is -1.52. The molecule has 4 rings (SSSR count). The highest BCUT2D eigenvalue weighted by molar-refractivity contribution is 8.15. The van der Waals surface area contributed by atoms with Gasteiger partial charge in [-0.15, -0.1) is 4.40 Å². The van der Waals surface area contributed by atoms with Gasteiger partial charge < -0.3 is 20.3 Å². The van der Waals surface area contributed by atoms with E-state index in [1.165, 1.54) is 18.8 Å². The Balaban J connectivity index is 1.35. The van der Waals surface area contributed by atoms with Crippen molar-refractivity contribution in [2.24, 2.45) is 4.40 Å². The summed E-state index contributed by atoms with van der Waals surface area (Å²) in [4.78, 5) is 38.5. The van der Waals surface area contributed by atoms with Crippen LogP contribution < -0.4 is 15.5 Å². The fourth-order valence-corrected chi connectivity index (χ4v) is 5.41. The SMILES string of the molecule is CNC(=O)c1ccc(NC(=O)COC(=O)c2ccc3c(c2)SC2=NS(=O)(=O)CCN23)cc1. The minimum Gasteiger partial charge on any atom is -0.452 e. The number of carbonyl (C=O) groups is 3. The number of carbonyl (C=O) groups excluding carboxylic acids is 3. The van der Waals surface area contributed by atoms with Gasteiger partial charge in [-0.05, 0) is 54.2 Å². The maximum absolute atomic E-state index is 12.4. The van der Waals surface area contributed by atoms with Crippen molar-refractivity contribution in [2.45, 2.75) is 4.90 Å². The number of rotatable bonds is 5. The van der Waals surface area contributed by atoms with Gasteiger partial charge >= 0.3 is 5.97 Å². The van der Waals surface area contributed by atoms with Crippen molar-refractivity contribution in [3.05, 3.63) is 53.6 Å². The topological polar surface area (TPSA) is 134 Å². The zero-order valence-corrected chi connectivity index (χ0v) is 18.5. The van der Waals surface area contributed by atoms with Crippen LogP contribution in [0.1, 0.15) is 20.7 Å². The number of anilines is 2. The van der Waals surface area contributed by atoms with Crippen LogP contribution in [0.5, 0.6) is 0 Å². The minimum atomic E-state index is -3.46. The summed E-state index contributed by atoms with van der Waals surface area (Å²) < 4.78 is 32.3. The third-order valence-corrected chi connectivity index (χ3v) is 7.01. The molecule has 0 aromatic heterocycles. The molecule has 12 heteroatoms. The molecule has 0 radical (unpaired) electrons. The first-order valence-electron chi connectivity index (χ1n) is 9.47. The molecule has 2 aliphatic rings. The molecule has 0 unspecified atom stereocenters. The molecule has 2 aliphatic heterocycles. The smallest absolute Gasteiger partial charge is 0.338 e. The Labute approximate surface area is 188 Å². The number of nitrogens with one attached hydrogen (secondary N) is 2. The molecule has 0 fully saturated rings. The first-order valence-corrected chi connectivity index (χ1v) is 11.9. The average molecular weight is 475 g/mol. The summed E-state index contributed by atoms with van der Waals surface area (Å²) in [6.07, 6.45) is 0. The number of benzene rings is 2. The number of fused-ring (bicyclic) bond motifs is 3. The van der Waals surface area contributed by atoms with Crippen LogP contribution in [0.3, 0.4) is 0 Å². The van der Waals surface area contributed by atoms with Crippen LogP contribution in [-0.4, -0.2) is 57.3 Å². The predicted molar refractivity (Wildman–Crippen MR) is 120 cm³/mol. The molecule has 2 aromatic carbocycles. The lowest BCUT2D eigenvalue weighted by atomic mass is 10.2. The van der Waals surface area contributed by atoms with Gasteiger partial charge in [-0.3, -0.25) is 9.59 Å². The number of thioether (sulfide) groups is 1. The largest absolute Gasteiger partial charge is 0.452 e. The summed E-state index contributed by atoms with van der Waals surface area (Å²) in [5, 5.41) is 5.45. The predicted octanol–water partition coefficient (Wildman–Crippen LogP) is 1.45. The van der Waals surface area contributed by atoms with Gasteiger partial charge in [0.2, 0.25) is 0 Å². The van der Waals surface area contributed by atoms with Crippen LogP contribution in [0.15, 0.2) is 51.8 Å². The fourth-order valence-electron chi connectivity index (χ4n) is 3.12. The lowest BCUT2D eigenvalue weighted by molar-refractivity contribution is -0.119. The van der Waals surface area contributed by atoms with Gasteiger partial charge in [-0.2, -0.15) is 0 Å². The minimum absolute atomic E-state index is 0.0655. The van der Waals surface area contributed by atoms with E-state index in [0.717, 1.165) is 5.69 Å². The summed E-state index contributed by atoms with van der Waals surface area (Å²) in [7, 11) is -1.94. The third-order valence-electron chi connectivity index (χ3n) is 4.70. The molecule has 0 aliphatic carbocycles. The van der Waals surface area contributed by atoms with Crippen molar-refractivity contribution in [1.29, 1.82) is 0 Å². The number of amidine groups is 1. The van der Waals surface area contributed by atoms with E-state index in [2.05, 4.69) is 15.0 Å². The molecule has 2 N–H and O–H groups in total. The molecular weight excluding hydrogens is 456 g/mol. The molecule has 2 heterocycles. The number of esters is 1. The zero-order chi connectivity index (χ0) is 22.9. The van der Waals surface area contributed by atoms with E-state index in [1.54, 1.807) is 47.4 Å². The van der Waals surface area contributed by atoms with Crippen molar-refractivity contribution in [3.63, 3.8) is 0 Å². The first-order chi connectivity index (χ1) is 15.3. The molecule has 0 atom stereocenters. The lowest BCUT2D eigenvalue weighted by Crippen LogP contribution is -2.35. The third kappa shape index (κ3) is 4.60. The van der Waals surface area contributed by atoms with E-state index in [-0.39, 0.29) is 17.2 Å². The van der Waals surface area contributed by atoms with Crippen molar-refractivity contribution in [1.82, 2.24) is 5.32 Å². The summed E-state index contributed by atoms with van der Waals surface area (Å²) >= 11 is 1.17. The zero-order valence-electron chi connectivity index (χ0n) is 16.8. The molecular formula is C20H18N4O6S2. The molecule has 0 spiro atoms. The number of hydrogen-bond donors (Lipinski definition) is 2. The highest BCUT2D eigenvalue weighted by atomic mass is 32.2. The Kier molecular flexibility index (Phi) is 5.89. The molecule has 0 saturated heterocycles. The molecule has 2 amide bonds. The van der Waals surface area contributed by atoms with Crippen LogP contribution in [0.2, 0.25) is 0 Å². The van der Waals surface area contributed by atoms with Crippen molar-refractivity contribution in [2.75, 3.05) is 36.2 Å². The second kappa shape index (κ2) is 8.63. The number of amides is 2. The lowest BCUT2D eigenvalue weighted by Gasteiger charge is -2.22. The van der Waals surface area contributed by atoms with Gasteiger partial charge in [0, 0.05) is 29.7 Å². The molecule has 10 nitrogen and oxygen atoms in total. The molecule has 2 aromatic rings. The van der Waals surface area contributed by atoms with E-state index in [1.807, 2.05) is 0 Å². The Morgan fingerprint density at radius 3 is 2.56 bits per heavy atom. The van der Waals surface area contributed by atoms with Crippen LogP contribution in [0.4, 0.5) is 11.4 Å². The standard InChI is InChI=1S/C20H18N4O6S2/c1-21-18(26)12-2-5-14(6-3-12)22-17(25)11-30-19(27)13-4-7-15-16(10-13)31-20-23-32(28,29)9-8-24(15)20/h2-7,10H,8-9,11H2,1H3,(H,21,26)(H,22,25). The van der Waals surface area contributed by atoms with E-state index in [0.29, 0.717) is 27.9 Å². The van der Waals surface area contributed by atoms with Gasteiger partial charge in [0.25, 0.3) is 21.8 Å². The Hall–Kier alpha value is -3.38. The van der Waals surface area contributed by atoms with Crippen molar-refractivity contribution < 1.29 is 27.5 Å². The van der Waals surface area contributed by atoms with E-state index >= 15 is 0 Å². The van der Waals surface area contributed by atoms with Crippen molar-refractivity contribution in [3.8, 4) is 0 Å². The van der Waals surface area contributed by atoms with Gasteiger partial charge in [0.1, 0.15) is 0 Å². The molecule has 0 saturated carbocycles.